The summed E-state index contributed by atoms with van der Waals surface area (Å²) in [5.41, 5.74) is 0.397. The van der Waals surface area contributed by atoms with Crippen LogP contribution in [0.4, 0.5) is 26.3 Å². The van der Waals surface area contributed by atoms with Crippen LogP contribution in [0.1, 0.15) is 40.2 Å². The van der Waals surface area contributed by atoms with E-state index in [0.29, 0.717) is 16.5 Å². The van der Waals surface area contributed by atoms with E-state index in [2.05, 4.69) is 15.9 Å². The zero-order chi connectivity index (χ0) is 27.7. The number of carbonyl (C=O) groups excluding carboxylic acids is 2. The second kappa shape index (κ2) is 11.6. The number of Topliss-reactive ketones (excluding diaryl/α,β-unsaturated/α-hetero) is 1. The van der Waals surface area contributed by atoms with E-state index in [1.54, 1.807) is 0 Å². The summed E-state index contributed by atoms with van der Waals surface area (Å²) in [4.78, 5) is 24.4. The minimum absolute atomic E-state index is 0.0495. The average Bonchev–Trinajstić information content (AvgIpc) is 3.53. The van der Waals surface area contributed by atoms with E-state index in [0.717, 1.165) is 18.2 Å². The van der Waals surface area contributed by atoms with Crippen molar-refractivity contribution in [1.82, 2.24) is 5.32 Å². The Morgan fingerprint density at radius 2 is 1.68 bits per heavy atom. The molecule has 3 unspecified atom stereocenters. The van der Waals surface area contributed by atoms with Gasteiger partial charge in [-0.2, -0.15) is 26.3 Å². The third-order valence-corrected chi connectivity index (χ3v) is 7.52. The first kappa shape index (κ1) is 29.8. The molecule has 2 aromatic rings. The van der Waals surface area contributed by atoms with Crippen molar-refractivity contribution in [1.29, 1.82) is 0 Å². The smallest absolute Gasteiger partial charge is 0.347 e. The minimum atomic E-state index is -4.66. The molecule has 1 amide bonds. The zero-order valence-electron chi connectivity index (χ0n) is 18.5. The largest absolute Gasteiger partial charge is 0.405 e. The van der Waals surface area contributed by atoms with E-state index >= 15 is 0 Å². The van der Waals surface area contributed by atoms with Gasteiger partial charge in [0.1, 0.15) is 6.54 Å². The number of alkyl halides is 6. The van der Waals surface area contributed by atoms with Crippen LogP contribution in [0.3, 0.4) is 0 Å². The minimum Gasteiger partial charge on any atom is -0.347 e. The molecular formula is C24H17BrCl3F6NO2. The van der Waals surface area contributed by atoms with E-state index in [4.69, 9.17) is 34.8 Å². The third kappa shape index (κ3) is 8.12. The summed E-state index contributed by atoms with van der Waals surface area (Å²) in [7, 11) is 0. The van der Waals surface area contributed by atoms with Crippen molar-refractivity contribution >= 4 is 68.5 Å². The Balaban J connectivity index is 1.68. The van der Waals surface area contributed by atoms with Gasteiger partial charge in [0.25, 0.3) is 0 Å². The fraction of sp³-hybridized carbons (Fsp3) is 0.333. The maximum absolute atomic E-state index is 13.7. The molecule has 1 N–H and O–H groups in total. The lowest BCUT2D eigenvalue weighted by Gasteiger charge is -2.18. The lowest BCUT2D eigenvalue weighted by atomic mass is 9.96. The first-order chi connectivity index (χ1) is 17.1. The van der Waals surface area contributed by atoms with E-state index in [1.165, 1.54) is 24.3 Å². The molecule has 13 heteroatoms. The molecule has 1 aliphatic carbocycles. The molecule has 3 nitrogen and oxygen atoms in total. The Labute approximate surface area is 231 Å². The van der Waals surface area contributed by atoms with Gasteiger partial charge in [-0.05, 0) is 47.7 Å². The molecule has 0 heterocycles. The van der Waals surface area contributed by atoms with Crippen LogP contribution in [-0.4, -0.2) is 30.6 Å². The number of halogens is 10. The van der Waals surface area contributed by atoms with Crippen molar-refractivity contribution in [2.75, 3.05) is 6.54 Å². The number of nitrogens with one attached hydrogen (secondary N) is 1. The fourth-order valence-corrected chi connectivity index (χ4v) is 4.92. The van der Waals surface area contributed by atoms with Crippen LogP contribution in [0.5, 0.6) is 0 Å². The van der Waals surface area contributed by atoms with Gasteiger partial charge in [-0.15, -0.1) is 0 Å². The van der Waals surface area contributed by atoms with Gasteiger partial charge in [0.2, 0.25) is 5.91 Å². The number of amides is 1. The molecule has 0 bridgehead atoms. The molecule has 1 saturated carbocycles. The number of rotatable bonds is 8. The van der Waals surface area contributed by atoms with Gasteiger partial charge in [-0.1, -0.05) is 69.0 Å². The highest BCUT2D eigenvalue weighted by Gasteiger charge is 2.45. The molecule has 1 aliphatic rings. The third-order valence-electron chi connectivity index (χ3n) is 5.66. The van der Waals surface area contributed by atoms with Crippen molar-refractivity contribution in [3.05, 3.63) is 72.6 Å². The molecule has 0 aliphatic heterocycles. The summed E-state index contributed by atoms with van der Waals surface area (Å²) < 4.78 is 78.3. The van der Waals surface area contributed by atoms with Crippen LogP contribution in [-0.2, 0) is 4.79 Å². The van der Waals surface area contributed by atoms with Crippen molar-refractivity contribution in [2.24, 2.45) is 11.8 Å². The standard InChI is InChI=1S/C24H17BrCl3F6NO2/c25-17-5-11(2-4-16(24(32,33)34)13-7-18(26)21(28)19(27)8-13)1-3-14(17)20(36)9-12-6-15(12)22(37)35-10-23(29,30)31/h1-5,7-8,12,15-16H,6,9-10H2,(H,35,37)/b4-2+. The van der Waals surface area contributed by atoms with E-state index < -0.39 is 36.6 Å². The van der Waals surface area contributed by atoms with Gasteiger partial charge in [0, 0.05) is 22.4 Å². The van der Waals surface area contributed by atoms with Gasteiger partial charge in [-0.25, -0.2) is 0 Å². The molecule has 0 radical (unpaired) electrons. The average molecular weight is 652 g/mol. The van der Waals surface area contributed by atoms with Crippen LogP contribution in [0.25, 0.3) is 6.08 Å². The molecule has 0 saturated heterocycles. The van der Waals surface area contributed by atoms with E-state index in [9.17, 15) is 35.9 Å². The predicted octanol–water partition coefficient (Wildman–Crippen LogP) is 8.66. The normalized spacial score (nSPS) is 18.6. The van der Waals surface area contributed by atoms with Crippen molar-refractivity contribution in [2.45, 2.75) is 31.1 Å². The molecule has 1 fully saturated rings. The van der Waals surface area contributed by atoms with Gasteiger partial charge in [0.15, 0.2) is 5.78 Å². The Hall–Kier alpha value is -1.75. The molecule has 0 aromatic heterocycles. The Morgan fingerprint density at radius 1 is 1.05 bits per heavy atom. The number of hydrogen-bond donors (Lipinski definition) is 1. The number of allylic oxidation sites excluding steroid dienone is 1. The lowest BCUT2D eigenvalue weighted by Crippen LogP contribution is -2.35. The summed E-state index contributed by atoms with van der Waals surface area (Å²) in [6.45, 7) is -1.43. The second-order valence-corrected chi connectivity index (χ2v) is 10.5. The van der Waals surface area contributed by atoms with E-state index in [-0.39, 0.29) is 44.3 Å². The first-order valence-electron chi connectivity index (χ1n) is 10.6. The molecule has 3 rings (SSSR count). The Bertz CT molecular complexity index is 1210. The van der Waals surface area contributed by atoms with Crippen LogP contribution < -0.4 is 5.32 Å². The number of benzene rings is 2. The maximum atomic E-state index is 13.7. The monoisotopic (exact) mass is 649 g/mol. The van der Waals surface area contributed by atoms with Gasteiger partial charge in [0.05, 0.1) is 21.0 Å². The van der Waals surface area contributed by atoms with Gasteiger partial charge < -0.3 is 5.32 Å². The van der Waals surface area contributed by atoms with Crippen LogP contribution in [0.2, 0.25) is 15.1 Å². The van der Waals surface area contributed by atoms with Crippen molar-refractivity contribution in [3.63, 3.8) is 0 Å². The lowest BCUT2D eigenvalue weighted by molar-refractivity contribution is -0.139. The summed E-state index contributed by atoms with van der Waals surface area (Å²) in [6, 6.07) is 6.50. The number of carbonyl (C=O) groups is 2. The van der Waals surface area contributed by atoms with Crippen molar-refractivity contribution < 1.29 is 35.9 Å². The van der Waals surface area contributed by atoms with Gasteiger partial charge in [-0.3, -0.25) is 9.59 Å². The molecule has 37 heavy (non-hydrogen) atoms. The fourth-order valence-electron chi connectivity index (χ4n) is 3.69. The quantitative estimate of drug-likeness (QED) is 0.177. The summed E-state index contributed by atoms with van der Waals surface area (Å²) in [5.74, 6) is -4.18. The topological polar surface area (TPSA) is 46.2 Å². The first-order valence-corrected chi connectivity index (χ1v) is 12.6. The molecule has 0 spiro atoms. The van der Waals surface area contributed by atoms with Crippen LogP contribution in [0, 0.1) is 11.8 Å². The summed E-state index contributed by atoms with van der Waals surface area (Å²) in [6.07, 6.45) is -6.77. The zero-order valence-corrected chi connectivity index (χ0v) is 22.3. The highest BCUT2D eigenvalue weighted by atomic mass is 79.9. The van der Waals surface area contributed by atoms with Crippen LogP contribution >= 0.6 is 50.7 Å². The maximum Gasteiger partial charge on any atom is 0.405 e. The number of hydrogen-bond acceptors (Lipinski definition) is 2. The highest BCUT2D eigenvalue weighted by Crippen LogP contribution is 2.43. The number of ketones is 1. The van der Waals surface area contributed by atoms with Gasteiger partial charge >= 0.3 is 12.4 Å². The molecular weight excluding hydrogens is 635 g/mol. The second-order valence-electron chi connectivity index (χ2n) is 8.48. The van der Waals surface area contributed by atoms with E-state index in [1.807, 2.05) is 5.32 Å². The Kier molecular flexibility index (Phi) is 9.31. The predicted molar refractivity (Wildman–Crippen MR) is 133 cm³/mol. The van der Waals surface area contributed by atoms with Crippen molar-refractivity contribution in [3.8, 4) is 0 Å². The summed E-state index contributed by atoms with van der Waals surface area (Å²) >= 11 is 20.8. The molecule has 200 valence electrons. The highest BCUT2D eigenvalue weighted by molar-refractivity contribution is 9.10. The SMILES string of the molecule is O=C(CC1CC1C(=O)NCC(F)(F)F)c1ccc(/C=C/C(c2cc(Cl)c(Cl)c(Cl)c2)C(F)(F)F)cc1Br. The summed E-state index contributed by atoms with van der Waals surface area (Å²) in [5, 5.41) is 1.52. The molecule has 3 atom stereocenters. The van der Waals surface area contributed by atoms with Crippen LogP contribution in [0.15, 0.2) is 40.9 Å². The molecule has 2 aromatic carbocycles. The Morgan fingerprint density at radius 3 is 2.22 bits per heavy atom.